The predicted octanol–water partition coefficient (Wildman–Crippen LogP) is 0.0944. The first-order valence-corrected chi connectivity index (χ1v) is 4.51. The second-order valence-corrected chi connectivity index (χ2v) is 3.59. The number of aromatic amines is 1. The van der Waals surface area contributed by atoms with Gasteiger partial charge in [0.25, 0.3) is 0 Å². The molecule has 0 fully saturated rings. The van der Waals surface area contributed by atoms with E-state index in [9.17, 15) is 9.59 Å². The third-order valence-electron chi connectivity index (χ3n) is 2.64. The van der Waals surface area contributed by atoms with Gasteiger partial charge in [-0.2, -0.15) is 5.10 Å². The highest BCUT2D eigenvalue weighted by molar-refractivity contribution is 5.72. The van der Waals surface area contributed by atoms with Crippen molar-refractivity contribution >= 4 is 5.97 Å². The van der Waals surface area contributed by atoms with Crippen LogP contribution in [0.3, 0.4) is 0 Å². The van der Waals surface area contributed by atoms with Crippen molar-refractivity contribution in [1.82, 2.24) is 14.8 Å². The highest BCUT2D eigenvalue weighted by atomic mass is 16.4. The molecule has 0 aromatic carbocycles. The maximum Gasteiger partial charge on any atom is 0.344 e. The van der Waals surface area contributed by atoms with E-state index in [4.69, 9.17) is 5.11 Å². The number of aromatic nitrogens is 3. The quantitative estimate of drug-likeness (QED) is 0.668. The highest BCUT2D eigenvalue weighted by Crippen LogP contribution is 2.29. The predicted molar refractivity (Wildman–Crippen MR) is 47.2 cm³/mol. The van der Waals surface area contributed by atoms with E-state index in [0.29, 0.717) is 12.2 Å². The van der Waals surface area contributed by atoms with Gasteiger partial charge in [0.05, 0.1) is 0 Å². The zero-order valence-electron chi connectivity index (χ0n) is 7.73. The van der Waals surface area contributed by atoms with Gasteiger partial charge in [-0.25, -0.2) is 14.7 Å². The van der Waals surface area contributed by atoms with Crippen molar-refractivity contribution in [1.29, 1.82) is 0 Å². The third kappa shape index (κ3) is 1.14. The van der Waals surface area contributed by atoms with Crippen LogP contribution in [0.1, 0.15) is 37.5 Å². The van der Waals surface area contributed by atoms with Crippen molar-refractivity contribution in [2.75, 3.05) is 0 Å². The molecule has 2 rings (SSSR count). The summed E-state index contributed by atoms with van der Waals surface area (Å²) < 4.78 is 1.25. The number of carboxylic acids is 1. The number of nitrogens with one attached hydrogen (secondary N) is 1. The lowest BCUT2D eigenvalue weighted by molar-refractivity contribution is -0.141. The van der Waals surface area contributed by atoms with Crippen LogP contribution in [0.4, 0.5) is 0 Å². The lowest BCUT2D eigenvalue weighted by atomic mass is 9.96. The fourth-order valence-corrected chi connectivity index (χ4v) is 1.87. The monoisotopic (exact) mass is 197 g/mol. The van der Waals surface area contributed by atoms with Gasteiger partial charge in [-0.1, -0.05) is 6.92 Å². The average Bonchev–Trinajstić information content (AvgIpc) is 2.50. The summed E-state index contributed by atoms with van der Waals surface area (Å²) in [7, 11) is 0. The van der Waals surface area contributed by atoms with E-state index in [1.54, 1.807) is 0 Å². The minimum Gasteiger partial charge on any atom is -0.480 e. The second-order valence-electron chi connectivity index (χ2n) is 3.59. The molecule has 76 valence electrons. The Kier molecular flexibility index (Phi) is 1.90. The van der Waals surface area contributed by atoms with Crippen molar-refractivity contribution in [3.8, 4) is 0 Å². The summed E-state index contributed by atoms with van der Waals surface area (Å²) in [4.78, 5) is 22.2. The molecular formula is C8H11N3O3. The van der Waals surface area contributed by atoms with Crippen LogP contribution in [0, 0.1) is 0 Å². The zero-order chi connectivity index (χ0) is 10.3. The van der Waals surface area contributed by atoms with Gasteiger partial charge < -0.3 is 5.11 Å². The molecule has 1 aliphatic rings. The van der Waals surface area contributed by atoms with Crippen molar-refractivity contribution in [3.63, 3.8) is 0 Å². The molecule has 2 heterocycles. The summed E-state index contributed by atoms with van der Waals surface area (Å²) in [6.07, 6.45) is 1.24. The second kappa shape index (κ2) is 2.97. The molecule has 0 saturated heterocycles. The van der Waals surface area contributed by atoms with Crippen LogP contribution >= 0.6 is 0 Å². The fourth-order valence-electron chi connectivity index (χ4n) is 1.87. The zero-order valence-corrected chi connectivity index (χ0v) is 7.73. The minimum absolute atomic E-state index is 0.143. The SMILES string of the molecule is CC1CCC(C(=O)O)n2c1n[nH]c2=O. The average molecular weight is 197 g/mol. The number of fused-ring (bicyclic) bond motifs is 1. The van der Waals surface area contributed by atoms with Crippen molar-refractivity contribution in [2.45, 2.75) is 31.7 Å². The van der Waals surface area contributed by atoms with Gasteiger partial charge in [0.2, 0.25) is 0 Å². The Bertz CT molecular complexity index is 420. The van der Waals surface area contributed by atoms with Crippen LogP contribution in [0.2, 0.25) is 0 Å². The number of carboxylic acid groups (broad SMARTS) is 1. The minimum atomic E-state index is -0.971. The Morgan fingerprint density at radius 3 is 3.00 bits per heavy atom. The lowest BCUT2D eigenvalue weighted by Crippen LogP contribution is -2.33. The Balaban J connectivity index is 2.55. The number of hydrogen-bond acceptors (Lipinski definition) is 3. The van der Waals surface area contributed by atoms with Gasteiger partial charge >= 0.3 is 11.7 Å². The summed E-state index contributed by atoms with van der Waals surface area (Å²) >= 11 is 0. The highest BCUT2D eigenvalue weighted by Gasteiger charge is 2.32. The van der Waals surface area contributed by atoms with Crippen LogP contribution < -0.4 is 5.69 Å². The van der Waals surface area contributed by atoms with Crippen LogP contribution in [-0.4, -0.2) is 25.8 Å². The molecule has 0 amide bonds. The molecule has 1 aromatic rings. The molecular weight excluding hydrogens is 186 g/mol. The van der Waals surface area contributed by atoms with Gasteiger partial charge in [0.15, 0.2) is 0 Å². The Hall–Kier alpha value is -1.59. The van der Waals surface area contributed by atoms with Crippen LogP contribution in [-0.2, 0) is 4.79 Å². The van der Waals surface area contributed by atoms with Crippen LogP contribution in [0.5, 0.6) is 0 Å². The van der Waals surface area contributed by atoms with E-state index in [1.165, 1.54) is 4.57 Å². The van der Waals surface area contributed by atoms with Gasteiger partial charge in [-0.3, -0.25) is 4.57 Å². The van der Waals surface area contributed by atoms with Crippen molar-refractivity contribution in [2.24, 2.45) is 0 Å². The van der Waals surface area contributed by atoms with E-state index in [1.807, 2.05) is 6.92 Å². The number of aliphatic carboxylic acids is 1. The smallest absolute Gasteiger partial charge is 0.344 e. The fraction of sp³-hybridized carbons (Fsp3) is 0.625. The molecule has 0 spiro atoms. The number of rotatable bonds is 1. The van der Waals surface area contributed by atoms with E-state index in [-0.39, 0.29) is 5.92 Å². The topological polar surface area (TPSA) is 88.0 Å². The van der Waals surface area contributed by atoms with Crippen LogP contribution in [0.15, 0.2) is 4.79 Å². The Morgan fingerprint density at radius 2 is 2.36 bits per heavy atom. The molecule has 0 bridgehead atoms. The van der Waals surface area contributed by atoms with Gasteiger partial charge in [0.1, 0.15) is 11.9 Å². The molecule has 2 N–H and O–H groups in total. The Labute approximate surface area is 79.6 Å². The summed E-state index contributed by atoms with van der Waals surface area (Å²) in [5.41, 5.74) is -0.432. The van der Waals surface area contributed by atoms with E-state index in [0.717, 1.165) is 6.42 Å². The van der Waals surface area contributed by atoms with Gasteiger partial charge in [-0.05, 0) is 12.8 Å². The van der Waals surface area contributed by atoms with E-state index in [2.05, 4.69) is 10.2 Å². The molecule has 0 aliphatic carbocycles. The third-order valence-corrected chi connectivity index (χ3v) is 2.64. The molecule has 0 radical (unpaired) electrons. The number of nitrogens with zero attached hydrogens (tertiary/aromatic N) is 2. The number of carbonyl (C=O) groups is 1. The normalized spacial score (nSPS) is 25.8. The first kappa shape index (κ1) is 8.98. The Morgan fingerprint density at radius 1 is 1.64 bits per heavy atom. The molecule has 6 nitrogen and oxygen atoms in total. The van der Waals surface area contributed by atoms with Gasteiger partial charge in [-0.15, -0.1) is 0 Å². The molecule has 6 heteroatoms. The summed E-state index contributed by atoms with van der Waals surface area (Å²) in [6.45, 7) is 1.93. The summed E-state index contributed by atoms with van der Waals surface area (Å²) in [6, 6.07) is -0.757. The standard InChI is InChI=1S/C8H11N3O3/c1-4-2-3-5(7(12)13)11-6(4)9-10-8(11)14/h4-5H,2-3H2,1H3,(H,10,14)(H,12,13). The largest absolute Gasteiger partial charge is 0.480 e. The molecule has 0 saturated carbocycles. The molecule has 1 aliphatic heterocycles. The molecule has 14 heavy (non-hydrogen) atoms. The lowest BCUT2D eigenvalue weighted by Gasteiger charge is -2.23. The van der Waals surface area contributed by atoms with E-state index < -0.39 is 17.7 Å². The van der Waals surface area contributed by atoms with Crippen molar-refractivity contribution in [3.05, 3.63) is 16.3 Å². The number of hydrogen-bond donors (Lipinski definition) is 2. The molecule has 1 aromatic heterocycles. The maximum atomic E-state index is 11.3. The van der Waals surface area contributed by atoms with Gasteiger partial charge in [0, 0.05) is 5.92 Å². The number of H-pyrrole nitrogens is 1. The summed E-state index contributed by atoms with van der Waals surface area (Å²) in [5.74, 6) is -0.278. The molecule has 2 unspecified atom stereocenters. The molecule has 2 atom stereocenters. The van der Waals surface area contributed by atoms with E-state index >= 15 is 0 Å². The van der Waals surface area contributed by atoms with Crippen molar-refractivity contribution < 1.29 is 9.90 Å². The summed E-state index contributed by atoms with van der Waals surface area (Å²) in [5, 5.41) is 15.0. The first-order chi connectivity index (χ1) is 6.61. The van der Waals surface area contributed by atoms with Crippen LogP contribution in [0.25, 0.3) is 0 Å². The maximum absolute atomic E-state index is 11.3. The first-order valence-electron chi connectivity index (χ1n) is 4.51.